The number of ether oxygens (including phenoxy) is 1. The van der Waals surface area contributed by atoms with E-state index in [9.17, 15) is 0 Å². The van der Waals surface area contributed by atoms with Crippen LogP contribution >= 0.6 is 0 Å². The molecule has 3 nitrogen and oxygen atoms in total. The molecule has 16 heavy (non-hydrogen) atoms. The third-order valence-corrected chi connectivity index (χ3v) is 2.34. The van der Waals surface area contributed by atoms with E-state index in [2.05, 4.69) is 11.5 Å². The molecule has 0 aliphatic heterocycles. The molecule has 1 aromatic rings. The van der Waals surface area contributed by atoms with E-state index in [1.165, 1.54) is 0 Å². The molecule has 0 fully saturated rings. The molecule has 3 heteroatoms. The van der Waals surface area contributed by atoms with E-state index in [0.29, 0.717) is 13.2 Å². The van der Waals surface area contributed by atoms with Crippen molar-refractivity contribution in [1.82, 2.24) is 4.90 Å². The van der Waals surface area contributed by atoms with Crippen molar-refractivity contribution in [3.8, 4) is 5.75 Å². The van der Waals surface area contributed by atoms with Crippen LogP contribution in [0.15, 0.2) is 36.9 Å². The number of benzene rings is 1. The minimum absolute atomic E-state index is 0.572. The third-order valence-electron chi connectivity index (χ3n) is 2.34. The Hall–Kier alpha value is -1.32. The average Bonchev–Trinajstić information content (AvgIpc) is 2.30. The Labute approximate surface area is 97.5 Å². The van der Waals surface area contributed by atoms with Crippen LogP contribution < -0.4 is 10.5 Å². The normalized spacial score (nSPS) is 10.4. The number of nitrogens with two attached hydrogens (primary N) is 1. The summed E-state index contributed by atoms with van der Waals surface area (Å²) in [6.45, 7) is 6.73. The second kappa shape index (κ2) is 7.04. The zero-order chi connectivity index (χ0) is 11.8. The van der Waals surface area contributed by atoms with Crippen molar-refractivity contribution in [1.29, 1.82) is 0 Å². The van der Waals surface area contributed by atoms with Crippen molar-refractivity contribution in [2.75, 3.05) is 26.7 Å². The van der Waals surface area contributed by atoms with Gasteiger partial charge < -0.3 is 10.5 Å². The van der Waals surface area contributed by atoms with Crippen LogP contribution in [-0.4, -0.2) is 31.6 Å². The first kappa shape index (κ1) is 12.7. The topological polar surface area (TPSA) is 38.5 Å². The first-order valence-electron chi connectivity index (χ1n) is 5.47. The van der Waals surface area contributed by atoms with Crippen molar-refractivity contribution < 1.29 is 4.74 Å². The molecule has 0 saturated heterocycles. The van der Waals surface area contributed by atoms with Gasteiger partial charge in [-0.1, -0.05) is 18.2 Å². The molecule has 0 saturated carbocycles. The van der Waals surface area contributed by atoms with Crippen LogP contribution in [0, 0.1) is 0 Å². The standard InChI is InChI=1S/C13H20N2O/c1-3-8-15(2)9-10-16-13-6-4-12(11-14)5-7-13/h3-7H,1,8-11,14H2,2H3. The SMILES string of the molecule is C=CCN(C)CCOc1ccc(CN)cc1. The van der Waals surface area contributed by atoms with Gasteiger partial charge in [0.25, 0.3) is 0 Å². The van der Waals surface area contributed by atoms with Crippen LogP contribution in [0.4, 0.5) is 0 Å². The molecular formula is C13H20N2O. The molecule has 0 bridgehead atoms. The van der Waals surface area contributed by atoms with Gasteiger partial charge in [-0.3, -0.25) is 4.90 Å². The third kappa shape index (κ3) is 4.47. The van der Waals surface area contributed by atoms with Crippen molar-refractivity contribution in [2.45, 2.75) is 6.54 Å². The highest BCUT2D eigenvalue weighted by Crippen LogP contribution is 2.11. The van der Waals surface area contributed by atoms with E-state index in [1.54, 1.807) is 0 Å². The van der Waals surface area contributed by atoms with Crippen LogP contribution in [0.25, 0.3) is 0 Å². The van der Waals surface area contributed by atoms with Gasteiger partial charge in [0, 0.05) is 19.6 Å². The van der Waals surface area contributed by atoms with Crippen LogP contribution in [0.5, 0.6) is 5.75 Å². The molecule has 0 amide bonds. The molecule has 0 aromatic heterocycles. The lowest BCUT2D eigenvalue weighted by Gasteiger charge is -2.14. The molecule has 0 radical (unpaired) electrons. The molecule has 0 unspecified atom stereocenters. The summed E-state index contributed by atoms with van der Waals surface area (Å²) in [6, 6.07) is 7.89. The number of hydrogen-bond acceptors (Lipinski definition) is 3. The summed E-state index contributed by atoms with van der Waals surface area (Å²) in [5.41, 5.74) is 6.64. The van der Waals surface area contributed by atoms with E-state index in [-0.39, 0.29) is 0 Å². The largest absolute Gasteiger partial charge is 0.492 e. The maximum Gasteiger partial charge on any atom is 0.119 e. The monoisotopic (exact) mass is 220 g/mol. The summed E-state index contributed by atoms with van der Waals surface area (Å²) in [6.07, 6.45) is 1.88. The van der Waals surface area contributed by atoms with Gasteiger partial charge in [-0.15, -0.1) is 6.58 Å². The Morgan fingerprint density at radius 1 is 1.38 bits per heavy atom. The van der Waals surface area contributed by atoms with E-state index >= 15 is 0 Å². The second-order valence-corrected chi connectivity index (χ2v) is 3.75. The molecule has 0 aliphatic rings. The Balaban J connectivity index is 2.28. The fourth-order valence-corrected chi connectivity index (χ4v) is 1.35. The van der Waals surface area contributed by atoms with Gasteiger partial charge in [-0.2, -0.15) is 0 Å². The maximum absolute atomic E-state index is 5.61. The predicted molar refractivity (Wildman–Crippen MR) is 67.5 cm³/mol. The van der Waals surface area contributed by atoms with Crippen molar-refractivity contribution in [3.63, 3.8) is 0 Å². The quantitative estimate of drug-likeness (QED) is 0.710. The molecule has 2 N–H and O–H groups in total. The summed E-state index contributed by atoms with van der Waals surface area (Å²) >= 11 is 0. The van der Waals surface area contributed by atoms with Gasteiger partial charge in [0.15, 0.2) is 0 Å². The zero-order valence-electron chi connectivity index (χ0n) is 9.86. The molecule has 0 atom stereocenters. The summed E-state index contributed by atoms with van der Waals surface area (Å²) in [7, 11) is 2.04. The number of nitrogens with zero attached hydrogens (tertiary/aromatic N) is 1. The van der Waals surface area contributed by atoms with Crippen LogP contribution in [0.3, 0.4) is 0 Å². The average molecular weight is 220 g/mol. The summed E-state index contributed by atoms with van der Waals surface area (Å²) < 4.78 is 5.61. The molecule has 0 spiro atoms. The van der Waals surface area contributed by atoms with E-state index < -0.39 is 0 Å². The highest BCUT2D eigenvalue weighted by Gasteiger charge is 1.97. The Morgan fingerprint density at radius 2 is 2.06 bits per heavy atom. The fraction of sp³-hybridized carbons (Fsp3) is 0.385. The van der Waals surface area contributed by atoms with Gasteiger partial charge in [-0.05, 0) is 24.7 Å². The van der Waals surface area contributed by atoms with Gasteiger partial charge >= 0.3 is 0 Å². The number of rotatable bonds is 7. The minimum Gasteiger partial charge on any atom is -0.492 e. The maximum atomic E-state index is 5.61. The Morgan fingerprint density at radius 3 is 2.62 bits per heavy atom. The Bertz CT molecular complexity index is 308. The highest BCUT2D eigenvalue weighted by molar-refractivity contribution is 5.27. The van der Waals surface area contributed by atoms with Crippen LogP contribution in [-0.2, 0) is 6.54 Å². The smallest absolute Gasteiger partial charge is 0.119 e. The molecule has 1 rings (SSSR count). The molecular weight excluding hydrogens is 200 g/mol. The fourth-order valence-electron chi connectivity index (χ4n) is 1.35. The lowest BCUT2D eigenvalue weighted by Crippen LogP contribution is -2.24. The van der Waals surface area contributed by atoms with Gasteiger partial charge in [-0.25, -0.2) is 0 Å². The first-order chi connectivity index (χ1) is 7.76. The van der Waals surface area contributed by atoms with Gasteiger partial charge in [0.05, 0.1) is 0 Å². The second-order valence-electron chi connectivity index (χ2n) is 3.75. The van der Waals surface area contributed by atoms with Gasteiger partial charge in [0.1, 0.15) is 12.4 Å². The summed E-state index contributed by atoms with van der Waals surface area (Å²) in [5, 5.41) is 0. The van der Waals surface area contributed by atoms with E-state index in [4.69, 9.17) is 10.5 Å². The first-order valence-corrected chi connectivity index (χ1v) is 5.47. The minimum atomic E-state index is 0.572. The summed E-state index contributed by atoms with van der Waals surface area (Å²) in [4.78, 5) is 2.15. The van der Waals surface area contributed by atoms with Gasteiger partial charge in [0.2, 0.25) is 0 Å². The van der Waals surface area contributed by atoms with Crippen molar-refractivity contribution in [2.24, 2.45) is 5.73 Å². The van der Waals surface area contributed by atoms with E-state index in [0.717, 1.165) is 24.4 Å². The van der Waals surface area contributed by atoms with Crippen molar-refractivity contribution in [3.05, 3.63) is 42.5 Å². The molecule has 0 heterocycles. The lowest BCUT2D eigenvalue weighted by atomic mass is 10.2. The summed E-state index contributed by atoms with van der Waals surface area (Å²) in [5.74, 6) is 0.893. The zero-order valence-corrected chi connectivity index (χ0v) is 9.86. The molecule has 0 aliphatic carbocycles. The number of hydrogen-bond donors (Lipinski definition) is 1. The predicted octanol–water partition coefficient (Wildman–Crippen LogP) is 1.64. The van der Waals surface area contributed by atoms with Crippen molar-refractivity contribution >= 4 is 0 Å². The Kier molecular flexibility index (Phi) is 5.61. The van der Waals surface area contributed by atoms with E-state index in [1.807, 2.05) is 37.4 Å². The van der Waals surface area contributed by atoms with Crippen LogP contribution in [0.2, 0.25) is 0 Å². The highest BCUT2D eigenvalue weighted by atomic mass is 16.5. The molecule has 1 aromatic carbocycles. The lowest BCUT2D eigenvalue weighted by molar-refractivity contribution is 0.249. The van der Waals surface area contributed by atoms with Crippen LogP contribution in [0.1, 0.15) is 5.56 Å². The molecule has 88 valence electrons. The number of likely N-dealkylation sites (N-methyl/N-ethyl adjacent to an activating group) is 1.